The molecule has 2 heteroatoms. The molecule has 10 heavy (non-hydrogen) atoms. The van der Waals surface area contributed by atoms with E-state index >= 15 is 0 Å². The van der Waals surface area contributed by atoms with Gasteiger partial charge >= 0.3 is 0 Å². The van der Waals surface area contributed by atoms with Crippen LogP contribution in [0.1, 0.15) is 5.69 Å². The van der Waals surface area contributed by atoms with Crippen LogP contribution in [0, 0.1) is 0 Å². The largest absolute Gasteiger partial charge is 0.260 e. The maximum absolute atomic E-state index is 4.25. The van der Waals surface area contributed by atoms with E-state index in [9.17, 15) is 0 Å². The Morgan fingerprint density at radius 1 is 1.50 bits per heavy atom. The maximum Gasteiger partial charge on any atom is 0.0580 e. The smallest absolute Gasteiger partial charge is 0.0580 e. The average Bonchev–Trinajstić information content (AvgIpc) is 2.05. The lowest BCUT2D eigenvalue weighted by Crippen LogP contribution is -1.92. The van der Waals surface area contributed by atoms with Crippen LogP contribution in [0.5, 0.6) is 0 Å². The van der Waals surface area contributed by atoms with Gasteiger partial charge in [-0.15, -0.1) is 0 Å². The lowest BCUT2D eigenvalue weighted by molar-refractivity contribution is 1.04. The van der Waals surface area contributed by atoms with Gasteiger partial charge < -0.3 is 0 Å². The molecule has 0 aliphatic carbocycles. The molecule has 1 aliphatic rings. The van der Waals surface area contributed by atoms with Crippen molar-refractivity contribution < 1.29 is 0 Å². The predicted molar refractivity (Wildman–Crippen MR) is 42.9 cm³/mol. The maximum atomic E-state index is 4.25. The number of allylic oxidation sites excluding steroid dienone is 1. The summed E-state index contributed by atoms with van der Waals surface area (Å²) in [6.45, 7) is 0. The summed E-state index contributed by atoms with van der Waals surface area (Å²) in [6.07, 6.45) is 4.97. The highest BCUT2D eigenvalue weighted by molar-refractivity contribution is 8.02. The van der Waals surface area contributed by atoms with Crippen molar-refractivity contribution in [2.24, 2.45) is 0 Å². The molecule has 0 saturated heterocycles. The van der Waals surface area contributed by atoms with E-state index in [1.54, 1.807) is 11.8 Å². The molecule has 0 aromatic carbocycles. The van der Waals surface area contributed by atoms with Crippen molar-refractivity contribution >= 4 is 11.8 Å². The van der Waals surface area contributed by atoms with Crippen LogP contribution in [0.25, 0.3) is 0 Å². The summed E-state index contributed by atoms with van der Waals surface area (Å²) in [5.74, 6) is 0. The molecular formula is C8H7NS. The van der Waals surface area contributed by atoms with Crippen molar-refractivity contribution in [1.29, 1.82) is 0 Å². The molecule has 0 unspecified atom stereocenters. The molecule has 1 aromatic heterocycles. The number of pyridine rings is 1. The Morgan fingerprint density at radius 3 is 3.40 bits per heavy atom. The summed E-state index contributed by atoms with van der Waals surface area (Å²) in [7, 11) is 0. The van der Waals surface area contributed by atoms with Gasteiger partial charge in [0.2, 0.25) is 0 Å². The zero-order valence-corrected chi connectivity index (χ0v) is 6.27. The molecule has 0 bridgehead atoms. The van der Waals surface area contributed by atoms with Crippen molar-refractivity contribution in [2.75, 3.05) is 0 Å². The van der Waals surface area contributed by atoms with Crippen molar-refractivity contribution in [3.8, 4) is 0 Å². The topological polar surface area (TPSA) is 12.9 Å². The van der Waals surface area contributed by atoms with Crippen LogP contribution in [0.4, 0.5) is 0 Å². The molecule has 0 saturated carbocycles. The van der Waals surface area contributed by atoms with E-state index in [2.05, 4.69) is 22.5 Å². The molecule has 2 rings (SSSR count). The first-order valence-electron chi connectivity index (χ1n) is 3.22. The van der Waals surface area contributed by atoms with Gasteiger partial charge in [-0.05, 0) is 17.5 Å². The summed E-state index contributed by atoms with van der Waals surface area (Å²) in [5.41, 5.74) is 1.20. The van der Waals surface area contributed by atoms with Crippen LogP contribution >= 0.6 is 11.8 Å². The van der Waals surface area contributed by atoms with E-state index < -0.39 is 0 Å². The van der Waals surface area contributed by atoms with Crippen molar-refractivity contribution in [1.82, 2.24) is 4.98 Å². The number of fused-ring (bicyclic) bond motifs is 1. The quantitative estimate of drug-likeness (QED) is 0.561. The zero-order valence-electron chi connectivity index (χ0n) is 5.45. The number of thioether (sulfide) groups is 1. The summed E-state index contributed by atoms with van der Waals surface area (Å²) in [5, 5.41) is 2.12. The number of hydrogen-bond acceptors (Lipinski definition) is 2. The Bertz CT molecular complexity index is 241. The van der Waals surface area contributed by atoms with Gasteiger partial charge in [0, 0.05) is 17.5 Å². The van der Waals surface area contributed by atoms with E-state index in [1.165, 1.54) is 10.6 Å². The highest BCUT2D eigenvalue weighted by Crippen LogP contribution is 2.26. The van der Waals surface area contributed by atoms with Gasteiger partial charge in [0.15, 0.2) is 0 Å². The minimum absolute atomic E-state index is 0.989. The monoisotopic (exact) mass is 149 g/mol. The van der Waals surface area contributed by atoms with Gasteiger partial charge in [-0.25, -0.2) is 0 Å². The number of nitrogens with zero attached hydrogens (tertiary/aromatic N) is 1. The molecule has 0 N–H and O–H groups in total. The van der Waals surface area contributed by atoms with E-state index in [4.69, 9.17) is 0 Å². The van der Waals surface area contributed by atoms with Crippen molar-refractivity contribution in [3.63, 3.8) is 0 Å². The zero-order chi connectivity index (χ0) is 6.81. The average molecular weight is 149 g/mol. The highest BCUT2D eigenvalue weighted by Gasteiger charge is 2.03. The van der Waals surface area contributed by atoms with Crippen LogP contribution in [0.3, 0.4) is 0 Å². The Balaban J connectivity index is 2.47. The van der Waals surface area contributed by atoms with Crippen LogP contribution in [-0.4, -0.2) is 4.98 Å². The van der Waals surface area contributed by atoms with Gasteiger partial charge in [-0.3, -0.25) is 4.98 Å². The Hall–Kier alpha value is -0.760. The minimum atomic E-state index is 0.989. The number of hydrogen-bond donors (Lipinski definition) is 0. The SMILES string of the molecule is C1=CSc2cccnc2C1. The molecule has 2 heterocycles. The van der Waals surface area contributed by atoms with E-state index in [0.29, 0.717) is 0 Å². The van der Waals surface area contributed by atoms with E-state index in [1.807, 2.05) is 12.3 Å². The first kappa shape index (κ1) is 5.98. The van der Waals surface area contributed by atoms with Gasteiger partial charge in [-0.2, -0.15) is 0 Å². The standard InChI is InChI=1S/C8H7NS/c1-4-8-7(9-5-1)3-2-6-10-8/h1-2,4-6H,3H2. The van der Waals surface area contributed by atoms with Gasteiger partial charge in [0.05, 0.1) is 5.69 Å². The van der Waals surface area contributed by atoms with Crippen LogP contribution in [-0.2, 0) is 6.42 Å². The summed E-state index contributed by atoms with van der Waals surface area (Å²) in [6, 6.07) is 4.08. The normalized spacial score (nSPS) is 14.8. The molecule has 0 spiro atoms. The second-order valence-corrected chi connectivity index (χ2v) is 3.09. The first-order chi connectivity index (χ1) is 4.97. The third-order valence-corrected chi connectivity index (χ3v) is 2.41. The fraction of sp³-hybridized carbons (Fsp3) is 0.125. The Morgan fingerprint density at radius 2 is 2.50 bits per heavy atom. The Kier molecular flexibility index (Phi) is 1.47. The van der Waals surface area contributed by atoms with Gasteiger partial charge in [0.1, 0.15) is 0 Å². The molecule has 1 nitrogen and oxygen atoms in total. The molecule has 1 aliphatic heterocycles. The third kappa shape index (κ3) is 0.948. The molecule has 50 valence electrons. The predicted octanol–water partition coefficient (Wildman–Crippen LogP) is 2.24. The second-order valence-electron chi connectivity index (χ2n) is 2.14. The molecule has 0 amide bonds. The minimum Gasteiger partial charge on any atom is -0.260 e. The summed E-state index contributed by atoms with van der Waals surface area (Å²) in [4.78, 5) is 5.54. The second kappa shape index (κ2) is 2.46. The fourth-order valence-electron chi connectivity index (χ4n) is 0.965. The fourth-order valence-corrected chi connectivity index (χ4v) is 1.73. The highest BCUT2D eigenvalue weighted by atomic mass is 32.2. The first-order valence-corrected chi connectivity index (χ1v) is 4.10. The molecule has 0 radical (unpaired) electrons. The van der Waals surface area contributed by atoms with Gasteiger partial charge in [-0.1, -0.05) is 17.8 Å². The lowest BCUT2D eigenvalue weighted by atomic mass is 10.3. The van der Waals surface area contributed by atoms with Crippen LogP contribution in [0.15, 0.2) is 34.7 Å². The lowest BCUT2D eigenvalue weighted by Gasteiger charge is -2.06. The van der Waals surface area contributed by atoms with Crippen LogP contribution in [0.2, 0.25) is 0 Å². The van der Waals surface area contributed by atoms with Crippen molar-refractivity contribution in [2.45, 2.75) is 11.3 Å². The van der Waals surface area contributed by atoms with Crippen molar-refractivity contribution in [3.05, 3.63) is 35.5 Å². The number of aromatic nitrogens is 1. The number of rotatable bonds is 0. The van der Waals surface area contributed by atoms with Gasteiger partial charge in [0.25, 0.3) is 0 Å². The molecule has 0 atom stereocenters. The third-order valence-electron chi connectivity index (χ3n) is 1.45. The molecule has 1 aromatic rings. The van der Waals surface area contributed by atoms with Crippen LogP contribution < -0.4 is 0 Å². The van der Waals surface area contributed by atoms with E-state index in [-0.39, 0.29) is 0 Å². The van der Waals surface area contributed by atoms with E-state index in [0.717, 1.165) is 6.42 Å². The molecular weight excluding hydrogens is 142 g/mol. The summed E-state index contributed by atoms with van der Waals surface area (Å²) >= 11 is 1.75. The summed E-state index contributed by atoms with van der Waals surface area (Å²) < 4.78 is 0. The Labute approximate surface area is 64.2 Å². The molecule has 0 fully saturated rings.